The van der Waals surface area contributed by atoms with Gasteiger partial charge in [0, 0.05) is 18.5 Å². The molecule has 0 radical (unpaired) electrons. The molecule has 2 atom stereocenters. The van der Waals surface area contributed by atoms with Crippen LogP contribution in [0.3, 0.4) is 0 Å². The SMILES string of the molecule is O=C(O)C(CNC(=O)[N+]1(C(=O)O)CCc2ccc(OCc3ccc(C(F)(F)F)cc3)cc2C1)c1ccc(-c2ccccc2)cc1. The van der Waals surface area contributed by atoms with E-state index in [1.165, 1.54) is 12.1 Å². The molecule has 2 unspecified atom stereocenters. The number of carboxylic acid groups (broad SMARTS) is 2. The first-order chi connectivity index (χ1) is 21.5. The van der Waals surface area contributed by atoms with Crippen LogP contribution in [0, 0.1) is 0 Å². The summed E-state index contributed by atoms with van der Waals surface area (Å²) in [5.41, 5.74) is 3.48. The third-order valence-corrected chi connectivity index (χ3v) is 8.00. The van der Waals surface area contributed by atoms with Crippen molar-refractivity contribution >= 4 is 18.1 Å². The van der Waals surface area contributed by atoms with Crippen molar-refractivity contribution in [3.8, 4) is 16.9 Å². The third kappa shape index (κ3) is 6.99. The number of carbonyl (C=O) groups excluding carboxylic acids is 1. The van der Waals surface area contributed by atoms with Gasteiger partial charge in [-0.25, -0.2) is 4.79 Å². The highest BCUT2D eigenvalue weighted by Gasteiger charge is 2.48. The van der Waals surface area contributed by atoms with Crippen LogP contribution >= 0.6 is 0 Å². The number of halogens is 3. The topological polar surface area (TPSA) is 113 Å². The van der Waals surface area contributed by atoms with Crippen molar-refractivity contribution in [1.29, 1.82) is 0 Å². The summed E-state index contributed by atoms with van der Waals surface area (Å²) < 4.78 is 43.3. The predicted molar refractivity (Wildman–Crippen MR) is 158 cm³/mol. The van der Waals surface area contributed by atoms with Crippen molar-refractivity contribution in [2.75, 3.05) is 13.1 Å². The van der Waals surface area contributed by atoms with E-state index in [1.54, 1.807) is 42.5 Å². The zero-order chi connectivity index (χ0) is 32.2. The average molecular weight is 620 g/mol. The van der Waals surface area contributed by atoms with Crippen molar-refractivity contribution in [3.05, 3.63) is 125 Å². The molecule has 1 aliphatic rings. The highest BCUT2D eigenvalue weighted by atomic mass is 19.4. The number of quaternary nitrogens is 1. The number of hydrogen-bond donors (Lipinski definition) is 3. The lowest BCUT2D eigenvalue weighted by Gasteiger charge is -2.34. The molecule has 0 aliphatic carbocycles. The Labute approximate surface area is 256 Å². The lowest BCUT2D eigenvalue weighted by atomic mass is 9.96. The largest absolute Gasteiger partial charge is 0.523 e. The molecule has 3 amide bonds. The Morgan fingerprint density at radius 3 is 2.13 bits per heavy atom. The van der Waals surface area contributed by atoms with Crippen LogP contribution < -0.4 is 10.1 Å². The number of amides is 3. The quantitative estimate of drug-likeness (QED) is 0.182. The number of fused-ring (bicyclic) bond motifs is 1. The first-order valence-corrected chi connectivity index (χ1v) is 14.1. The predicted octanol–water partition coefficient (Wildman–Crippen LogP) is 7.08. The molecule has 4 aromatic carbocycles. The van der Waals surface area contributed by atoms with Gasteiger partial charge in [0.05, 0.1) is 11.5 Å². The summed E-state index contributed by atoms with van der Waals surface area (Å²) in [5.74, 6) is -1.90. The minimum atomic E-state index is -4.44. The van der Waals surface area contributed by atoms with Crippen LogP contribution in [0.5, 0.6) is 5.75 Å². The van der Waals surface area contributed by atoms with Crippen LogP contribution in [-0.2, 0) is 30.5 Å². The van der Waals surface area contributed by atoms with Gasteiger partial charge >= 0.3 is 24.3 Å². The zero-order valence-corrected chi connectivity index (χ0v) is 24.0. The van der Waals surface area contributed by atoms with Gasteiger partial charge in [-0.15, -0.1) is 4.48 Å². The molecule has 0 aromatic heterocycles. The van der Waals surface area contributed by atoms with Gasteiger partial charge in [-0.2, -0.15) is 18.0 Å². The van der Waals surface area contributed by atoms with Gasteiger partial charge in [-0.1, -0.05) is 72.8 Å². The molecule has 1 aliphatic heterocycles. The molecule has 1 heterocycles. The number of ether oxygens (including phenoxy) is 1. The highest BCUT2D eigenvalue weighted by molar-refractivity contribution is 5.81. The van der Waals surface area contributed by atoms with Gasteiger partial charge in [-0.3, -0.25) is 4.79 Å². The highest BCUT2D eigenvalue weighted by Crippen LogP contribution is 2.31. The second kappa shape index (κ2) is 12.8. The molecule has 0 saturated carbocycles. The maximum atomic E-state index is 13.4. The van der Waals surface area contributed by atoms with Gasteiger partial charge in [0.15, 0.2) is 0 Å². The van der Waals surface area contributed by atoms with Crippen LogP contribution in [0.25, 0.3) is 11.1 Å². The summed E-state index contributed by atoms with van der Waals surface area (Å²) in [6.07, 6.45) is -5.55. The van der Waals surface area contributed by atoms with Crippen molar-refractivity contribution in [3.63, 3.8) is 0 Å². The summed E-state index contributed by atoms with van der Waals surface area (Å²) >= 11 is 0. The molecule has 8 nitrogen and oxygen atoms in total. The number of urea groups is 1. The Balaban J connectivity index is 1.27. The molecule has 0 saturated heterocycles. The fraction of sp³-hybridized carbons (Fsp3) is 0.206. The second-order valence-corrected chi connectivity index (χ2v) is 10.9. The van der Waals surface area contributed by atoms with E-state index in [0.717, 1.165) is 28.8 Å². The van der Waals surface area contributed by atoms with Crippen LogP contribution in [-0.4, -0.2) is 45.9 Å². The van der Waals surface area contributed by atoms with Crippen LogP contribution in [0.4, 0.5) is 22.8 Å². The monoisotopic (exact) mass is 619 g/mol. The number of benzene rings is 4. The van der Waals surface area contributed by atoms with Crippen molar-refractivity contribution < 1.29 is 47.0 Å². The summed E-state index contributed by atoms with van der Waals surface area (Å²) in [5, 5.41) is 22.7. The summed E-state index contributed by atoms with van der Waals surface area (Å²) in [6.45, 7) is -0.560. The number of alkyl halides is 3. The Kier molecular flexibility index (Phi) is 8.92. The molecular weight excluding hydrogens is 589 g/mol. The van der Waals surface area contributed by atoms with Crippen molar-refractivity contribution in [1.82, 2.24) is 5.32 Å². The number of imide groups is 1. The number of carbonyl (C=O) groups is 3. The molecule has 45 heavy (non-hydrogen) atoms. The minimum absolute atomic E-state index is 0.0146. The van der Waals surface area contributed by atoms with Gasteiger partial charge in [0.2, 0.25) is 0 Å². The molecule has 0 fully saturated rings. The number of hydrogen-bond acceptors (Lipinski definition) is 4. The van der Waals surface area contributed by atoms with E-state index in [0.29, 0.717) is 22.4 Å². The van der Waals surface area contributed by atoms with E-state index in [-0.39, 0.29) is 32.7 Å². The Morgan fingerprint density at radius 1 is 0.844 bits per heavy atom. The van der Waals surface area contributed by atoms with Gasteiger partial charge in [0.25, 0.3) is 0 Å². The first kappa shape index (κ1) is 31.3. The van der Waals surface area contributed by atoms with Crippen LogP contribution in [0.2, 0.25) is 0 Å². The van der Waals surface area contributed by atoms with Crippen molar-refractivity contribution in [2.24, 2.45) is 0 Å². The van der Waals surface area contributed by atoms with E-state index in [2.05, 4.69) is 5.32 Å². The molecule has 232 valence electrons. The standard InChI is InChI=1S/C34H29F3N2O6/c35-34(36,37)28-13-6-22(7-14-28)21-45-29-15-12-25-16-17-39(33(43)44,20-27(25)18-29)32(42)38-19-30(31(40)41)26-10-8-24(9-11-26)23-4-2-1-3-5-23/h1-15,18,30H,16-17,19-21H2,(H2-,38,40,41,42,43,44)/p+1. The summed E-state index contributed by atoms with van der Waals surface area (Å²) in [7, 11) is 0. The summed E-state index contributed by atoms with van der Waals surface area (Å²) in [4.78, 5) is 38.1. The molecular formula is C34H30F3N2O6+. The van der Waals surface area contributed by atoms with Gasteiger partial charge < -0.3 is 20.3 Å². The molecule has 11 heteroatoms. The normalized spacial score (nSPS) is 16.7. The number of carboxylic acids is 1. The van der Waals surface area contributed by atoms with Gasteiger partial charge in [-0.05, 0) is 52.1 Å². The van der Waals surface area contributed by atoms with E-state index in [4.69, 9.17) is 4.74 Å². The fourth-order valence-electron chi connectivity index (χ4n) is 5.37. The maximum Gasteiger partial charge on any atom is 0.523 e. The lowest BCUT2D eigenvalue weighted by molar-refractivity contribution is -0.793. The van der Waals surface area contributed by atoms with E-state index >= 15 is 0 Å². The zero-order valence-electron chi connectivity index (χ0n) is 24.0. The number of aliphatic carboxylic acids is 1. The summed E-state index contributed by atoms with van der Waals surface area (Å²) in [6, 6.07) is 25.3. The number of rotatable bonds is 8. The second-order valence-electron chi connectivity index (χ2n) is 10.9. The Morgan fingerprint density at radius 2 is 1.51 bits per heavy atom. The molecule has 0 spiro atoms. The third-order valence-electron chi connectivity index (χ3n) is 8.00. The smallest absolute Gasteiger partial charge is 0.489 e. The van der Waals surface area contributed by atoms with Crippen LogP contribution in [0.15, 0.2) is 97.1 Å². The molecule has 5 rings (SSSR count). The molecule has 3 N–H and O–H groups in total. The van der Waals surface area contributed by atoms with E-state index < -0.39 is 40.2 Å². The van der Waals surface area contributed by atoms with E-state index in [1.807, 2.05) is 30.3 Å². The Bertz CT molecular complexity index is 1690. The molecule has 4 aromatic rings. The maximum absolute atomic E-state index is 13.4. The van der Waals surface area contributed by atoms with Crippen LogP contribution in [0.1, 0.15) is 33.7 Å². The first-order valence-electron chi connectivity index (χ1n) is 14.1. The lowest BCUT2D eigenvalue weighted by Crippen LogP contribution is -2.62. The molecule has 0 bridgehead atoms. The van der Waals surface area contributed by atoms with E-state index in [9.17, 15) is 37.8 Å². The average Bonchev–Trinajstić information content (AvgIpc) is 3.03. The number of nitrogens with zero attached hydrogens (tertiary/aromatic N) is 1. The van der Waals surface area contributed by atoms with Gasteiger partial charge in [0.1, 0.15) is 25.4 Å². The number of nitrogens with one attached hydrogen (secondary N) is 1. The Hall–Kier alpha value is -5.16. The fourth-order valence-corrected chi connectivity index (χ4v) is 5.37. The van der Waals surface area contributed by atoms with Crippen molar-refractivity contribution in [2.45, 2.75) is 31.7 Å². The minimum Gasteiger partial charge on any atom is -0.489 e.